The largest absolute Gasteiger partial charge is 0.410 e. The Morgan fingerprint density at radius 2 is 2.10 bits per heavy atom. The van der Waals surface area contributed by atoms with Gasteiger partial charge in [-0.2, -0.15) is 18.3 Å². The number of carbonyl (C=O) groups excluding carboxylic acids is 1. The Kier molecular flexibility index (Phi) is 5.74. The molecule has 0 aromatic carbocycles. The summed E-state index contributed by atoms with van der Waals surface area (Å²) in [6, 6.07) is 0.970. The fourth-order valence-corrected chi connectivity index (χ4v) is 4.39. The maximum absolute atomic E-state index is 13.7. The van der Waals surface area contributed by atoms with Gasteiger partial charge in [0.25, 0.3) is 5.91 Å². The van der Waals surface area contributed by atoms with E-state index in [0.29, 0.717) is 36.6 Å². The normalized spacial score (nSPS) is 24.2. The average molecular weight is 439 g/mol. The first-order valence-electron chi connectivity index (χ1n) is 10.9. The number of hydrogen-bond donors (Lipinski definition) is 1. The van der Waals surface area contributed by atoms with Crippen molar-refractivity contribution in [3.05, 3.63) is 29.3 Å². The van der Waals surface area contributed by atoms with Gasteiger partial charge >= 0.3 is 6.18 Å². The third-order valence-electron chi connectivity index (χ3n) is 6.22. The quantitative estimate of drug-likeness (QED) is 0.721. The second kappa shape index (κ2) is 8.20. The lowest BCUT2D eigenvalue weighted by molar-refractivity contribution is -0.173. The molecule has 1 fully saturated rings. The molecule has 2 aliphatic heterocycles. The first-order chi connectivity index (χ1) is 14.7. The summed E-state index contributed by atoms with van der Waals surface area (Å²) in [5, 5.41) is 11.5. The Morgan fingerprint density at radius 1 is 1.32 bits per heavy atom. The summed E-state index contributed by atoms with van der Waals surface area (Å²) in [5.41, 5.74) is 1.17. The predicted molar refractivity (Wildman–Crippen MR) is 108 cm³/mol. The minimum Gasteiger partial charge on any atom is -0.367 e. The fourth-order valence-electron chi connectivity index (χ4n) is 4.39. The van der Waals surface area contributed by atoms with Crippen LogP contribution in [0.1, 0.15) is 92.8 Å². The summed E-state index contributed by atoms with van der Waals surface area (Å²) in [5.74, 6) is 0.327. The maximum atomic E-state index is 13.7. The Balaban J connectivity index is 1.64. The molecular weight excluding hydrogens is 411 g/mol. The zero-order valence-corrected chi connectivity index (χ0v) is 17.9. The molecule has 0 radical (unpaired) electrons. The molecule has 170 valence electrons. The van der Waals surface area contributed by atoms with Crippen molar-refractivity contribution < 1.29 is 22.5 Å². The molecule has 31 heavy (non-hydrogen) atoms. The average Bonchev–Trinajstić information content (AvgIpc) is 3.39. The van der Waals surface area contributed by atoms with Gasteiger partial charge < -0.3 is 14.7 Å². The minimum atomic E-state index is -4.39. The highest BCUT2D eigenvalue weighted by Gasteiger charge is 2.46. The third-order valence-corrected chi connectivity index (χ3v) is 6.22. The van der Waals surface area contributed by atoms with E-state index in [1.54, 1.807) is 17.0 Å². The molecule has 10 heteroatoms. The molecule has 0 unspecified atom stereocenters. The van der Waals surface area contributed by atoms with Crippen LogP contribution >= 0.6 is 0 Å². The summed E-state index contributed by atoms with van der Waals surface area (Å²) < 4.78 is 47.4. The van der Waals surface area contributed by atoms with Crippen molar-refractivity contribution in [1.29, 1.82) is 0 Å². The number of anilines is 1. The molecule has 0 spiro atoms. The lowest BCUT2D eigenvalue weighted by Gasteiger charge is -2.34. The highest BCUT2D eigenvalue weighted by molar-refractivity contribution is 5.91. The number of fused-ring (bicyclic) bond motifs is 1. The van der Waals surface area contributed by atoms with Crippen molar-refractivity contribution in [1.82, 2.24) is 19.8 Å². The van der Waals surface area contributed by atoms with Crippen molar-refractivity contribution in [2.45, 2.75) is 83.1 Å². The Morgan fingerprint density at radius 3 is 2.74 bits per heavy atom. The number of amides is 1. The smallest absolute Gasteiger partial charge is 0.367 e. The summed E-state index contributed by atoms with van der Waals surface area (Å²) >= 11 is 0. The molecule has 0 bridgehead atoms. The van der Waals surface area contributed by atoms with Gasteiger partial charge in [-0.3, -0.25) is 4.79 Å². The first kappa shape index (κ1) is 21.7. The van der Waals surface area contributed by atoms with E-state index in [0.717, 1.165) is 17.5 Å². The standard InChI is InChI=1S/C21H28F3N5O2/c1-4-13-9-18(21(22,23)24)29-19(25-13)11-15(26-29)16-7-5-6-8-28(16)20(30)17-10-14(12(2)3)27-31-17/h10-13,16,18,25H,4-9H2,1-3H3/t13-,16+,18-/m1/s1. The van der Waals surface area contributed by atoms with Crippen LogP contribution in [0.2, 0.25) is 0 Å². The van der Waals surface area contributed by atoms with Crippen LogP contribution in [0.3, 0.4) is 0 Å². The Hall–Kier alpha value is -2.52. The van der Waals surface area contributed by atoms with Crippen molar-refractivity contribution >= 4 is 11.7 Å². The molecule has 1 amide bonds. The molecule has 2 aromatic rings. The fraction of sp³-hybridized carbons (Fsp3) is 0.667. The van der Waals surface area contributed by atoms with Crippen LogP contribution < -0.4 is 5.32 Å². The van der Waals surface area contributed by atoms with E-state index in [-0.39, 0.29) is 30.0 Å². The van der Waals surface area contributed by atoms with Crippen molar-refractivity contribution in [2.24, 2.45) is 0 Å². The first-order valence-corrected chi connectivity index (χ1v) is 10.9. The van der Waals surface area contributed by atoms with Crippen LogP contribution in [-0.4, -0.2) is 44.5 Å². The van der Waals surface area contributed by atoms with Gasteiger partial charge in [0, 0.05) is 24.7 Å². The van der Waals surface area contributed by atoms with E-state index in [1.165, 1.54) is 0 Å². The second-order valence-corrected chi connectivity index (χ2v) is 8.72. The minimum absolute atomic E-state index is 0.0581. The van der Waals surface area contributed by atoms with Crippen LogP contribution in [0, 0.1) is 0 Å². The van der Waals surface area contributed by atoms with Gasteiger partial charge in [0.05, 0.1) is 17.4 Å². The number of nitrogens with zero attached hydrogens (tertiary/aromatic N) is 4. The Bertz CT molecular complexity index is 936. The van der Waals surface area contributed by atoms with E-state index in [9.17, 15) is 18.0 Å². The van der Waals surface area contributed by atoms with Gasteiger partial charge in [-0.1, -0.05) is 25.9 Å². The maximum Gasteiger partial charge on any atom is 0.410 e. The summed E-state index contributed by atoms with van der Waals surface area (Å²) in [6.07, 6.45) is -1.52. The van der Waals surface area contributed by atoms with Crippen LogP contribution in [-0.2, 0) is 0 Å². The van der Waals surface area contributed by atoms with Gasteiger partial charge in [-0.05, 0) is 38.0 Å². The number of hydrogen-bond acceptors (Lipinski definition) is 5. The lowest BCUT2D eigenvalue weighted by atomic mass is 9.98. The van der Waals surface area contributed by atoms with E-state index < -0.39 is 18.3 Å². The number of likely N-dealkylation sites (tertiary alicyclic amines) is 1. The summed E-state index contributed by atoms with van der Waals surface area (Å²) in [6.45, 7) is 6.28. The van der Waals surface area contributed by atoms with Crippen LogP contribution in [0.5, 0.6) is 0 Å². The molecule has 0 aliphatic carbocycles. The number of rotatable bonds is 4. The molecule has 4 rings (SSSR count). The second-order valence-electron chi connectivity index (χ2n) is 8.72. The number of aromatic nitrogens is 3. The van der Waals surface area contributed by atoms with Crippen molar-refractivity contribution in [3.8, 4) is 0 Å². The van der Waals surface area contributed by atoms with E-state index in [4.69, 9.17) is 4.52 Å². The van der Waals surface area contributed by atoms with Crippen LogP contribution in [0.4, 0.5) is 19.0 Å². The summed E-state index contributed by atoms with van der Waals surface area (Å²) in [7, 11) is 0. The van der Waals surface area contributed by atoms with Gasteiger partial charge in [0.2, 0.25) is 5.76 Å². The number of alkyl halides is 3. The highest BCUT2D eigenvalue weighted by Crippen LogP contribution is 2.42. The zero-order valence-electron chi connectivity index (χ0n) is 17.9. The van der Waals surface area contributed by atoms with E-state index >= 15 is 0 Å². The molecule has 1 N–H and O–H groups in total. The topological polar surface area (TPSA) is 76.2 Å². The molecule has 7 nitrogen and oxygen atoms in total. The lowest BCUT2D eigenvalue weighted by Crippen LogP contribution is -2.39. The monoisotopic (exact) mass is 439 g/mol. The Labute approximate surface area is 178 Å². The SMILES string of the molecule is CC[C@@H]1C[C@H](C(F)(F)F)n2nc([C@@H]3CCCCN3C(=O)c3cc(C(C)C)no3)cc2N1. The number of piperidine rings is 1. The van der Waals surface area contributed by atoms with Gasteiger partial charge in [-0.25, -0.2) is 4.68 Å². The number of nitrogens with one attached hydrogen (secondary N) is 1. The third kappa shape index (κ3) is 4.16. The van der Waals surface area contributed by atoms with Crippen LogP contribution in [0.15, 0.2) is 16.7 Å². The molecule has 1 saturated heterocycles. The van der Waals surface area contributed by atoms with E-state index in [1.807, 2.05) is 20.8 Å². The van der Waals surface area contributed by atoms with Crippen molar-refractivity contribution in [3.63, 3.8) is 0 Å². The van der Waals surface area contributed by atoms with Crippen LogP contribution in [0.25, 0.3) is 0 Å². The van der Waals surface area contributed by atoms with Crippen molar-refractivity contribution in [2.75, 3.05) is 11.9 Å². The van der Waals surface area contributed by atoms with Gasteiger partial charge in [0.1, 0.15) is 5.82 Å². The highest BCUT2D eigenvalue weighted by atomic mass is 19.4. The molecule has 2 aromatic heterocycles. The number of halogens is 3. The predicted octanol–water partition coefficient (Wildman–Crippen LogP) is 5.06. The summed E-state index contributed by atoms with van der Waals surface area (Å²) in [4.78, 5) is 14.8. The zero-order chi connectivity index (χ0) is 22.3. The molecular formula is C21H28F3N5O2. The molecule has 4 heterocycles. The molecule has 0 saturated carbocycles. The van der Waals surface area contributed by atoms with E-state index in [2.05, 4.69) is 15.6 Å². The van der Waals surface area contributed by atoms with Gasteiger partial charge in [0.15, 0.2) is 6.04 Å². The molecule has 2 aliphatic rings. The molecule has 3 atom stereocenters. The van der Waals surface area contributed by atoms with Gasteiger partial charge in [-0.15, -0.1) is 0 Å². The number of carbonyl (C=O) groups is 1.